The first-order chi connectivity index (χ1) is 12.3. The van der Waals surface area contributed by atoms with Gasteiger partial charge in [-0.25, -0.2) is 0 Å². The van der Waals surface area contributed by atoms with Crippen LogP contribution < -0.4 is 0 Å². The molecule has 0 amide bonds. The van der Waals surface area contributed by atoms with Crippen molar-refractivity contribution in [1.29, 1.82) is 0 Å². The van der Waals surface area contributed by atoms with Crippen molar-refractivity contribution in [3.8, 4) is 0 Å². The number of carbonyl (C=O) groups is 2. The second-order valence-corrected chi connectivity index (χ2v) is 8.87. The quantitative estimate of drug-likeness (QED) is 0.785. The van der Waals surface area contributed by atoms with Gasteiger partial charge in [0.15, 0.2) is 0 Å². The number of cyclic esters (lactones) is 1. The zero-order valence-corrected chi connectivity index (χ0v) is 15.3. The van der Waals surface area contributed by atoms with Crippen molar-refractivity contribution in [2.45, 2.75) is 51.4 Å². The first-order valence-electron chi connectivity index (χ1n) is 9.33. The van der Waals surface area contributed by atoms with Crippen LogP contribution >= 0.6 is 0 Å². The van der Waals surface area contributed by atoms with Crippen LogP contribution in [-0.4, -0.2) is 35.4 Å². The first kappa shape index (κ1) is 17.6. The molecule has 6 heteroatoms. The molecule has 0 bridgehead atoms. The van der Waals surface area contributed by atoms with Crippen molar-refractivity contribution in [3.63, 3.8) is 0 Å². The fourth-order valence-electron chi connectivity index (χ4n) is 6.43. The van der Waals surface area contributed by atoms with Gasteiger partial charge in [-0.1, -0.05) is 6.92 Å². The molecule has 1 saturated heterocycles. The minimum absolute atomic E-state index is 0.00757. The Kier molecular flexibility index (Phi) is 3.78. The molecule has 5 atom stereocenters. The van der Waals surface area contributed by atoms with Gasteiger partial charge >= 0.3 is 11.9 Å². The Morgan fingerprint density at radius 2 is 2.04 bits per heavy atom. The molecule has 1 aliphatic heterocycles. The van der Waals surface area contributed by atoms with Gasteiger partial charge in [0, 0.05) is 11.0 Å². The molecule has 26 heavy (non-hydrogen) atoms. The number of carboxylic acids is 1. The van der Waals surface area contributed by atoms with Gasteiger partial charge in [0.05, 0.1) is 25.6 Å². The maximum absolute atomic E-state index is 12.4. The highest BCUT2D eigenvalue weighted by molar-refractivity contribution is 5.78. The van der Waals surface area contributed by atoms with Crippen LogP contribution in [-0.2, 0) is 26.2 Å². The normalized spacial score (nSPS) is 42.0. The topological polar surface area (TPSA) is 97.0 Å². The fraction of sp³-hybridized carbons (Fsp3) is 0.700. The van der Waals surface area contributed by atoms with E-state index in [9.17, 15) is 19.8 Å². The molecular weight excluding hydrogens is 336 g/mol. The second kappa shape index (κ2) is 5.59. The van der Waals surface area contributed by atoms with Crippen LogP contribution in [0.1, 0.15) is 50.7 Å². The summed E-state index contributed by atoms with van der Waals surface area (Å²) >= 11 is 0. The number of aliphatic hydroxyl groups excluding tert-OH is 1. The first-order valence-corrected chi connectivity index (χ1v) is 9.33. The highest BCUT2D eigenvalue weighted by atomic mass is 16.5. The average molecular weight is 362 g/mol. The molecule has 2 fully saturated rings. The number of aliphatic hydroxyl groups is 1. The third kappa shape index (κ3) is 2.08. The van der Waals surface area contributed by atoms with E-state index in [1.807, 2.05) is 6.92 Å². The SMILES string of the molecule is CC1(C(=O)O)COC(=O)C[C@@]2(C)[C@H]1CC[C@@]1(CO)c3cocc3CC[C@@H]12. The molecule has 1 saturated carbocycles. The Balaban J connectivity index is 1.87. The number of fused-ring (bicyclic) bond motifs is 5. The molecule has 2 heterocycles. The molecule has 3 aliphatic rings. The third-order valence-corrected chi connectivity index (χ3v) is 7.72. The Morgan fingerprint density at radius 3 is 2.73 bits per heavy atom. The molecule has 6 nitrogen and oxygen atoms in total. The van der Waals surface area contributed by atoms with E-state index in [4.69, 9.17) is 9.15 Å². The summed E-state index contributed by atoms with van der Waals surface area (Å²) in [6.45, 7) is 3.63. The van der Waals surface area contributed by atoms with Crippen molar-refractivity contribution in [2.75, 3.05) is 13.2 Å². The number of aryl methyl sites for hydroxylation is 1. The number of ether oxygens (including phenoxy) is 1. The molecule has 1 unspecified atom stereocenters. The predicted octanol–water partition coefficient (Wildman–Crippen LogP) is 2.53. The fourth-order valence-corrected chi connectivity index (χ4v) is 6.43. The summed E-state index contributed by atoms with van der Waals surface area (Å²) < 4.78 is 10.8. The van der Waals surface area contributed by atoms with Gasteiger partial charge in [-0.15, -0.1) is 0 Å². The van der Waals surface area contributed by atoms with Crippen molar-refractivity contribution in [3.05, 3.63) is 23.7 Å². The molecule has 0 spiro atoms. The third-order valence-electron chi connectivity index (χ3n) is 7.72. The van der Waals surface area contributed by atoms with Crippen LogP contribution in [0.25, 0.3) is 0 Å². The van der Waals surface area contributed by atoms with Crippen molar-refractivity contribution < 1.29 is 29.0 Å². The Hall–Kier alpha value is -1.82. The lowest BCUT2D eigenvalue weighted by Gasteiger charge is -2.60. The lowest BCUT2D eigenvalue weighted by molar-refractivity contribution is -0.165. The lowest BCUT2D eigenvalue weighted by atomic mass is 9.43. The summed E-state index contributed by atoms with van der Waals surface area (Å²) in [6.07, 6.45) is 6.63. The number of hydrogen-bond acceptors (Lipinski definition) is 5. The van der Waals surface area contributed by atoms with Gasteiger partial charge in [0.25, 0.3) is 0 Å². The van der Waals surface area contributed by atoms with Gasteiger partial charge in [-0.05, 0) is 55.4 Å². The number of aliphatic carboxylic acids is 1. The smallest absolute Gasteiger partial charge is 0.313 e. The lowest BCUT2D eigenvalue weighted by Crippen LogP contribution is -2.60. The van der Waals surface area contributed by atoms with E-state index in [2.05, 4.69) is 0 Å². The Labute approximate surface area is 152 Å². The summed E-state index contributed by atoms with van der Waals surface area (Å²) in [5.41, 5.74) is 0.0197. The summed E-state index contributed by atoms with van der Waals surface area (Å²) in [7, 11) is 0. The molecule has 1 aromatic rings. The van der Waals surface area contributed by atoms with Crippen molar-refractivity contribution >= 4 is 11.9 Å². The maximum Gasteiger partial charge on any atom is 0.313 e. The van der Waals surface area contributed by atoms with Crippen molar-refractivity contribution in [1.82, 2.24) is 0 Å². The van der Waals surface area contributed by atoms with Gasteiger partial charge in [-0.2, -0.15) is 0 Å². The molecule has 1 aromatic heterocycles. The van der Waals surface area contributed by atoms with Crippen molar-refractivity contribution in [2.24, 2.45) is 22.7 Å². The van der Waals surface area contributed by atoms with Gasteiger partial charge < -0.3 is 19.4 Å². The van der Waals surface area contributed by atoms with E-state index in [0.29, 0.717) is 12.8 Å². The second-order valence-electron chi connectivity index (χ2n) is 8.87. The summed E-state index contributed by atoms with van der Waals surface area (Å²) in [5.74, 6) is -1.43. The monoisotopic (exact) mass is 362 g/mol. The molecule has 2 aliphatic carbocycles. The number of rotatable bonds is 2. The maximum atomic E-state index is 12.4. The van der Waals surface area contributed by atoms with Crippen LogP contribution in [0.3, 0.4) is 0 Å². The number of furan rings is 1. The summed E-state index contributed by atoms with van der Waals surface area (Å²) in [5, 5.41) is 20.4. The van der Waals surface area contributed by atoms with Gasteiger partial charge in [-0.3, -0.25) is 9.59 Å². The molecule has 0 radical (unpaired) electrons. The van der Waals surface area contributed by atoms with E-state index in [0.717, 1.165) is 24.0 Å². The van der Waals surface area contributed by atoms with Crippen LogP contribution in [0, 0.1) is 22.7 Å². The van der Waals surface area contributed by atoms with E-state index in [1.165, 1.54) is 0 Å². The molecular formula is C20H26O6. The zero-order chi connectivity index (χ0) is 18.7. The minimum atomic E-state index is -1.11. The largest absolute Gasteiger partial charge is 0.481 e. The highest BCUT2D eigenvalue weighted by Gasteiger charge is 2.64. The zero-order valence-electron chi connectivity index (χ0n) is 15.3. The Morgan fingerprint density at radius 1 is 1.27 bits per heavy atom. The van der Waals surface area contributed by atoms with Crippen LogP contribution in [0.15, 0.2) is 16.9 Å². The van der Waals surface area contributed by atoms with Crippen LogP contribution in [0.2, 0.25) is 0 Å². The summed E-state index contributed by atoms with van der Waals surface area (Å²) in [6, 6.07) is 0. The number of carboxylic acid groups (broad SMARTS) is 1. The highest BCUT2D eigenvalue weighted by Crippen LogP contribution is 2.64. The van der Waals surface area contributed by atoms with E-state index in [-0.39, 0.29) is 37.4 Å². The predicted molar refractivity (Wildman–Crippen MR) is 91.4 cm³/mol. The minimum Gasteiger partial charge on any atom is -0.481 e. The average Bonchev–Trinajstić information content (AvgIpc) is 3.05. The van der Waals surface area contributed by atoms with Crippen LogP contribution in [0.4, 0.5) is 0 Å². The summed E-state index contributed by atoms with van der Waals surface area (Å²) in [4.78, 5) is 24.6. The van der Waals surface area contributed by atoms with E-state index < -0.39 is 22.2 Å². The molecule has 0 aromatic carbocycles. The van der Waals surface area contributed by atoms with E-state index in [1.54, 1.807) is 19.5 Å². The molecule has 2 N–H and O–H groups in total. The molecule has 4 rings (SSSR count). The van der Waals surface area contributed by atoms with Gasteiger partial charge in [0.1, 0.15) is 12.0 Å². The number of esters is 1. The standard InChI is InChI=1S/C20H26O6/c1-18-7-16(22)26-11-19(2,17(23)24)14(18)5-6-20(10-21)13-9-25-8-12(13)3-4-15(18)20/h8-9,14-15,21H,3-7,10-11H2,1-2H3,(H,23,24)/t14-,15-,18+,19?,20-/m1/s1. The van der Waals surface area contributed by atoms with Gasteiger partial charge in [0.2, 0.25) is 0 Å². The molecule has 142 valence electrons. The Bertz CT molecular complexity index is 753. The number of hydrogen-bond donors (Lipinski definition) is 2. The number of carbonyl (C=O) groups excluding carboxylic acids is 1. The van der Waals surface area contributed by atoms with Crippen LogP contribution in [0.5, 0.6) is 0 Å². The van der Waals surface area contributed by atoms with E-state index >= 15 is 0 Å².